The van der Waals surface area contributed by atoms with E-state index in [2.05, 4.69) is 14.4 Å². The number of nitrogens with zero attached hydrogens (tertiary/aromatic N) is 1. The number of sulfonamides is 1. The van der Waals surface area contributed by atoms with Crippen LogP contribution in [-0.2, 0) is 10.0 Å². The van der Waals surface area contributed by atoms with Gasteiger partial charge >= 0.3 is 6.36 Å². The third kappa shape index (κ3) is 5.36. The lowest BCUT2D eigenvalue weighted by Crippen LogP contribution is -2.31. The monoisotopic (exact) mass is 400 g/mol. The average molecular weight is 400 g/mol. The maximum atomic E-state index is 12.3. The number of rotatable bonds is 6. The fraction of sp³-hybridized carbons (Fsp3) is 0.333. The zero-order chi connectivity index (χ0) is 19.5. The van der Waals surface area contributed by atoms with Gasteiger partial charge < -0.3 is 9.64 Å². The van der Waals surface area contributed by atoms with Gasteiger partial charge in [0.1, 0.15) is 5.75 Å². The first kappa shape index (κ1) is 19.5. The first-order valence-electron chi connectivity index (χ1n) is 8.38. The quantitative estimate of drug-likeness (QED) is 0.808. The molecule has 1 unspecified atom stereocenters. The fourth-order valence-corrected chi connectivity index (χ4v) is 4.12. The number of hydrogen-bond donors (Lipinski definition) is 1. The summed E-state index contributed by atoms with van der Waals surface area (Å²) in [7, 11) is -3.80. The molecular weight excluding hydrogens is 381 g/mol. The highest BCUT2D eigenvalue weighted by Gasteiger charge is 2.31. The maximum Gasteiger partial charge on any atom is 0.573 e. The maximum absolute atomic E-state index is 12.3. The van der Waals surface area contributed by atoms with Crippen LogP contribution >= 0.6 is 0 Å². The van der Waals surface area contributed by atoms with Gasteiger partial charge in [0.15, 0.2) is 0 Å². The number of ether oxygens (including phenoxy) is 1. The molecule has 0 bridgehead atoms. The smallest absolute Gasteiger partial charge is 0.406 e. The molecule has 146 valence electrons. The topological polar surface area (TPSA) is 58.6 Å². The summed E-state index contributed by atoms with van der Waals surface area (Å²) >= 11 is 0. The highest BCUT2D eigenvalue weighted by molar-refractivity contribution is 7.89. The van der Waals surface area contributed by atoms with Crippen molar-refractivity contribution in [1.82, 2.24) is 4.72 Å². The van der Waals surface area contributed by atoms with Gasteiger partial charge in [-0.2, -0.15) is 0 Å². The lowest BCUT2D eigenvalue weighted by molar-refractivity contribution is -0.274. The molecule has 0 saturated carbocycles. The van der Waals surface area contributed by atoms with Gasteiger partial charge in [-0.25, -0.2) is 13.1 Å². The van der Waals surface area contributed by atoms with E-state index in [0.29, 0.717) is 0 Å². The summed E-state index contributed by atoms with van der Waals surface area (Å²) in [5.41, 5.74) is 1.10. The van der Waals surface area contributed by atoms with Crippen molar-refractivity contribution in [1.29, 1.82) is 0 Å². The summed E-state index contributed by atoms with van der Waals surface area (Å²) in [6.45, 7) is 1.86. The van der Waals surface area contributed by atoms with E-state index in [9.17, 15) is 21.6 Å². The molecule has 1 heterocycles. The van der Waals surface area contributed by atoms with Crippen LogP contribution in [0.25, 0.3) is 0 Å². The van der Waals surface area contributed by atoms with Crippen LogP contribution in [0.15, 0.2) is 59.5 Å². The Balaban J connectivity index is 1.56. The van der Waals surface area contributed by atoms with Crippen molar-refractivity contribution in [3.05, 3.63) is 54.6 Å². The van der Waals surface area contributed by atoms with Crippen LogP contribution in [0, 0.1) is 5.92 Å². The van der Waals surface area contributed by atoms with Crippen molar-refractivity contribution in [2.24, 2.45) is 5.92 Å². The summed E-state index contributed by atoms with van der Waals surface area (Å²) in [6.07, 6.45) is -3.96. The number of halogens is 3. The minimum absolute atomic E-state index is 0.102. The van der Waals surface area contributed by atoms with E-state index in [1.807, 2.05) is 30.3 Å². The molecule has 0 amide bonds. The van der Waals surface area contributed by atoms with Gasteiger partial charge in [0.2, 0.25) is 10.0 Å². The van der Waals surface area contributed by atoms with Crippen LogP contribution < -0.4 is 14.4 Å². The second kappa shape index (κ2) is 7.77. The Kier molecular flexibility index (Phi) is 5.61. The third-order valence-corrected chi connectivity index (χ3v) is 5.78. The highest BCUT2D eigenvalue weighted by Crippen LogP contribution is 2.25. The van der Waals surface area contributed by atoms with Crippen molar-refractivity contribution < 1.29 is 26.3 Å². The summed E-state index contributed by atoms with van der Waals surface area (Å²) in [6, 6.07) is 14.0. The normalized spacial score (nSPS) is 17.9. The molecule has 9 heteroatoms. The number of anilines is 1. The van der Waals surface area contributed by atoms with E-state index in [-0.39, 0.29) is 17.4 Å². The van der Waals surface area contributed by atoms with Crippen LogP contribution in [-0.4, -0.2) is 34.4 Å². The fourth-order valence-electron chi connectivity index (χ4n) is 3.00. The predicted octanol–water partition coefficient (Wildman–Crippen LogP) is 3.39. The van der Waals surface area contributed by atoms with E-state index in [1.165, 1.54) is 0 Å². The van der Waals surface area contributed by atoms with E-state index in [1.54, 1.807) is 0 Å². The molecule has 1 N–H and O–H groups in total. The Hall–Kier alpha value is -2.26. The second-order valence-corrected chi connectivity index (χ2v) is 8.07. The molecule has 1 aliphatic rings. The Morgan fingerprint density at radius 1 is 1.07 bits per heavy atom. The lowest BCUT2D eigenvalue weighted by atomic mass is 10.1. The van der Waals surface area contributed by atoms with Crippen LogP contribution in [0.2, 0.25) is 0 Å². The number of para-hydroxylation sites is 1. The summed E-state index contributed by atoms with van der Waals surface area (Å²) in [4.78, 5) is 2.09. The molecule has 0 radical (unpaired) electrons. The van der Waals surface area contributed by atoms with E-state index in [4.69, 9.17) is 0 Å². The molecule has 1 atom stereocenters. The van der Waals surface area contributed by atoms with Gasteiger partial charge in [-0.3, -0.25) is 0 Å². The summed E-state index contributed by atoms with van der Waals surface area (Å²) in [5.74, 6) is -0.302. The SMILES string of the molecule is O=S(=O)(NCC1CCN(c2ccccc2)C1)c1ccc(OC(F)(F)F)cc1. The zero-order valence-electron chi connectivity index (χ0n) is 14.3. The second-order valence-electron chi connectivity index (χ2n) is 6.31. The summed E-state index contributed by atoms with van der Waals surface area (Å²) < 4.78 is 67.5. The lowest BCUT2D eigenvalue weighted by Gasteiger charge is -2.18. The number of alkyl halides is 3. The van der Waals surface area contributed by atoms with Gasteiger partial charge in [-0.15, -0.1) is 13.2 Å². The van der Waals surface area contributed by atoms with Gasteiger partial charge in [0, 0.05) is 25.3 Å². The Morgan fingerprint density at radius 3 is 2.37 bits per heavy atom. The number of nitrogens with one attached hydrogen (secondary N) is 1. The summed E-state index contributed by atoms with van der Waals surface area (Å²) in [5, 5.41) is 0. The number of hydrogen-bond acceptors (Lipinski definition) is 4. The predicted molar refractivity (Wildman–Crippen MR) is 95.1 cm³/mol. The number of benzene rings is 2. The molecule has 0 aliphatic carbocycles. The molecule has 27 heavy (non-hydrogen) atoms. The van der Waals surface area contributed by atoms with Crippen molar-refractivity contribution in [2.45, 2.75) is 17.7 Å². The van der Waals surface area contributed by atoms with Gasteiger partial charge in [-0.05, 0) is 48.7 Å². The third-order valence-electron chi connectivity index (χ3n) is 4.34. The van der Waals surface area contributed by atoms with Crippen molar-refractivity contribution >= 4 is 15.7 Å². The molecular formula is C18H19F3N2O3S. The van der Waals surface area contributed by atoms with Crippen LogP contribution in [0.1, 0.15) is 6.42 Å². The van der Waals surface area contributed by atoms with Crippen LogP contribution in [0.3, 0.4) is 0 Å². The van der Waals surface area contributed by atoms with Gasteiger partial charge in [0.05, 0.1) is 4.90 Å². The molecule has 2 aromatic rings. The Labute approximate surface area is 155 Å². The standard InChI is InChI=1S/C18H19F3N2O3S/c19-18(20,21)26-16-6-8-17(9-7-16)27(24,25)22-12-14-10-11-23(13-14)15-4-2-1-3-5-15/h1-9,14,22H,10-13H2. The first-order valence-corrected chi connectivity index (χ1v) is 9.87. The molecule has 2 aromatic carbocycles. The molecule has 3 rings (SSSR count). The molecule has 1 saturated heterocycles. The minimum atomic E-state index is -4.81. The van der Waals surface area contributed by atoms with Gasteiger partial charge in [-0.1, -0.05) is 18.2 Å². The molecule has 5 nitrogen and oxygen atoms in total. The minimum Gasteiger partial charge on any atom is -0.406 e. The van der Waals surface area contributed by atoms with E-state index >= 15 is 0 Å². The Bertz CT molecular complexity index is 856. The Morgan fingerprint density at radius 2 is 1.74 bits per heavy atom. The molecule has 1 fully saturated rings. The van der Waals surface area contributed by atoms with Crippen LogP contribution in [0.4, 0.5) is 18.9 Å². The molecule has 1 aliphatic heterocycles. The largest absolute Gasteiger partial charge is 0.573 e. The first-order chi connectivity index (χ1) is 12.7. The van der Waals surface area contributed by atoms with Crippen molar-refractivity contribution in [3.8, 4) is 5.75 Å². The molecule has 0 spiro atoms. The van der Waals surface area contributed by atoms with Crippen molar-refractivity contribution in [2.75, 3.05) is 24.5 Å². The highest BCUT2D eigenvalue weighted by atomic mass is 32.2. The molecule has 0 aromatic heterocycles. The van der Waals surface area contributed by atoms with E-state index in [0.717, 1.165) is 49.5 Å². The van der Waals surface area contributed by atoms with Gasteiger partial charge in [0.25, 0.3) is 0 Å². The zero-order valence-corrected chi connectivity index (χ0v) is 15.1. The average Bonchev–Trinajstić information content (AvgIpc) is 3.09. The van der Waals surface area contributed by atoms with E-state index < -0.39 is 22.1 Å². The van der Waals surface area contributed by atoms with Crippen molar-refractivity contribution in [3.63, 3.8) is 0 Å². The van der Waals surface area contributed by atoms with Crippen LogP contribution in [0.5, 0.6) is 5.75 Å².